The van der Waals surface area contributed by atoms with Gasteiger partial charge in [0.1, 0.15) is 11.8 Å². The Kier molecular flexibility index (Phi) is 3.89. The first-order chi connectivity index (χ1) is 13.3. The number of fused-ring (bicyclic) bond motifs is 2. The molecule has 1 unspecified atom stereocenters. The molecule has 1 aromatic carbocycles. The van der Waals surface area contributed by atoms with Crippen molar-refractivity contribution in [2.24, 2.45) is 0 Å². The lowest BCUT2D eigenvalue weighted by molar-refractivity contribution is 0.0690. The van der Waals surface area contributed by atoms with Crippen LogP contribution in [0.15, 0.2) is 49.1 Å². The molecule has 6 heteroatoms. The van der Waals surface area contributed by atoms with Crippen LogP contribution in [0.25, 0.3) is 0 Å². The number of carbonyl (C=O) groups is 1. The molecule has 3 aromatic rings. The summed E-state index contributed by atoms with van der Waals surface area (Å²) in [5, 5.41) is 0. The Labute approximate surface area is 157 Å². The maximum Gasteiger partial charge on any atom is 0.254 e. The van der Waals surface area contributed by atoms with Gasteiger partial charge in [-0.25, -0.2) is 4.98 Å². The van der Waals surface area contributed by atoms with Gasteiger partial charge < -0.3 is 14.6 Å². The molecule has 0 spiro atoms. The number of aromatic nitrogens is 3. The molecule has 6 nitrogen and oxygen atoms in total. The van der Waals surface area contributed by atoms with Crippen molar-refractivity contribution in [3.63, 3.8) is 0 Å². The van der Waals surface area contributed by atoms with Crippen molar-refractivity contribution in [1.29, 1.82) is 0 Å². The predicted molar refractivity (Wildman–Crippen MR) is 99.7 cm³/mol. The Balaban J connectivity index is 1.54. The third-order valence-corrected chi connectivity index (χ3v) is 5.34. The van der Waals surface area contributed by atoms with E-state index >= 15 is 0 Å². The van der Waals surface area contributed by atoms with Gasteiger partial charge in [0.2, 0.25) is 0 Å². The zero-order chi connectivity index (χ0) is 18.2. The van der Waals surface area contributed by atoms with Crippen LogP contribution in [-0.2, 0) is 12.8 Å². The van der Waals surface area contributed by atoms with Crippen molar-refractivity contribution in [3.05, 3.63) is 77.1 Å². The molecule has 1 atom stereocenters. The van der Waals surface area contributed by atoms with E-state index in [4.69, 9.17) is 4.74 Å². The number of amides is 1. The van der Waals surface area contributed by atoms with E-state index in [0.717, 1.165) is 54.1 Å². The molecule has 136 valence electrons. The molecule has 2 aromatic heterocycles. The quantitative estimate of drug-likeness (QED) is 0.763. The number of ether oxygens (including phenoxy) is 1. The Morgan fingerprint density at radius 3 is 3.11 bits per heavy atom. The number of carbonyl (C=O) groups excluding carboxylic acids is 1. The number of hydrogen-bond acceptors (Lipinski definition) is 4. The van der Waals surface area contributed by atoms with Crippen LogP contribution in [0.2, 0.25) is 0 Å². The largest absolute Gasteiger partial charge is 0.493 e. The van der Waals surface area contributed by atoms with Crippen LogP contribution in [0.5, 0.6) is 5.75 Å². The van der Waals surface area contributed by atoms with Gasteiger partial charge in [-0.15, -0.1) is 0 Å². The van der Waals surface area contributed by atoms with Crippen LogP contribution in [0.1, 0.15) is 45.3 Å². The van der Waals surface area contributed by atoms with Crippen molar-refractivity contribution in [1.82, 2.24) is 19.9 Å². The molecular formula is C21H20N4O2. The Morgan fingerprint density at radius 1 is 1.26 bits per heavy atom. The molecule has 0 saturated heterocycles. The van der Waals surface area contributed by atoms with Crippen molar-refractivity contribution in [3.8, 4) is 5.75 Å². The number of nitrogens with zero attached hydrogens (tertiary/aromatic N) is 3. The second-order valence-electron chi connectivity index (χ2n) is 6.98. The second-order valence-corrected chi connectivity index (χ2v) is 6.98. The van der Waals surface area contributed by atoms with Crippen LogP contribution in [-0.4, -0.2) is 38.9 Å². The van der Waals surface area contributed by atoms with Gasteiger partial charge >= 0.3 is 0 Å². The van der Waals surface area contributed by atoms with Gasteiger partial charge in [0.25, 0.3) is 5.91 Å². The molecule has 0 saturated carbocycles. The maximum atomic E-state index is 13.4. The van der Waals surface area contributed by atoms with Crippen molar-refractivity contribution >= 4 is 5.91 Å². The van der Waals surface area contributed by atoms with E-state index in [1.807, 2.05) is 41.4 Å². The van der Waals surface area contributed by atoms with Crippen LogP contribution in [0.4, 0.5) is 0 Å². The fourth-order valence-corrected chi connectivity index (χ4v) is 4.03. The zero-order valence-corrected chi connectivity index (χ0v) is 14.9. The third kappa shape index (κ3) is 2.77. The van der Waals surface area contributed by atoms with E-state index in [0.29, 0.717) is 12.1 Å². The molecule has 0 aliphatic carbocycles. The molecule has 0 radical (unpaired) electrons. The first-order valence-corrected chi connectivity index (χ1v) is 9.30. The lowest BCUT2D eigenvalue weighted by Crippen LogP contribution is -2.40. The molecule has 0 bridgehead atoms. The Morgan fingerprint density at radius 2 is 2.22 bits per heavy atom. The highest BCUT2D eigenvalue weighted by Gasteiger charge is 2.34. The van der Waals surface area contributed by atoms with Gasteiger partial charge in [-0.05, 0) is 48.2 Å². The minimum atomic E-state index is -0.228. The molecule has 4 heterocycles. The number of benzene rings is 1. The standard InChI is InChI=1S/C21H20N4O2/c26-21(15-5-6-18-14(11-15)4-2-10-27-18)25-9-7-17-19(24-13-23-17)20(25)16-3-1-8-22-12-16/h1,3,5-6,8,11-13,20H,2,4,7,9-10H2,(H,23,24). The SMILES string of the molecule is O=C(c1ccc2c(c1)CCCO2)N1CCc2[nH]cnc2C1c1cccnc1. The minimum absolute atomic E-state index is 0.0193. The number of aromatic amines is 1. The zero-order valence-electron chi connectivity index (χ0n) is 14.9. The Bertz CT molecular complexity index is 983. The number of rotatable bonds is 2. The molecule has 27 heavy (non-hydrogen) atoms. The number of nitrogens with one attached hydrogen (secondary N) is 1. The van der Waals surface area contributed by atoms with Crippen molar-refractivity contribution in [2.75, 3.05) is 13.2 Å². The smallest absolute Gasteiger partial charge is 0.254 e. The molecule has 1 amide bonds. The van der Waals surface area contributed by atoms with Crippen molar-refractivity contribution in [2.45, 2.75) is 25.3 Å². The molecule has 2 aliphatic rings. The summed E-state index contributed by atoms with van der Waals surface area (Å²) >= 11 is 0. The van der Waals surface area contributed by atoms with Crippen LogP contribution < -0.4 is 4.74 Å². The first kappa shape index (κ1) is 16.1. The topological polar surface area (TPSA) is 71.1 Å². The summed E-state index contributed by atoms with van der Waals surface area (Å²) in [5.41, 5.74) is 4.78. The lowest BCUT2D eigenvalue weighted by Gasteiger charge is -2.35. The number of pyridine rings is 1. The number of aryl methyl sites for hydroxylation is 1. The summed E-state index contributed by atoms with van der Waals surface area (Å²) in [5.74, 6) is 0.917. The number of hydrogen-bond donors (Lipinski definition) is 1. The molecule has 1 N–H and O–H groups in total. The van der Waals surface area contributed by atoms with Crippen LogP contribution >= 0.6 is 0 Å². The second kappa shape index (κ2) is 6.54. The third-order valence-electron chi connectivity index (χ3n) is 5.34. The van der Waals surface area contributed by atoms with Gasteiger partial charge in [-0.3, -0.25) is 9.78 Å². The van der Waals surface area contributed by atoms with E-state index in [9.17, 15) is 4.79 Å². The summed E-state index contributed by atoms with van der Waals surface area (Å²) in [7, 11) is 0. The summed E-state index contributed by atoms with van der Waals surface area (Å²) < 4.78 is 5.68. The monoisotopic (exact) mass is 360 g/mol. The van der Waals surface area contributed by atoms with E-state index in [2.05, 4.69) is 15.0 Å². The van der Waals surface area contributed by atoms with Gasteiger partial charge in [-0.1, -0.05) is 6.07 Å². The first-order valence-electron chi connectivity index (χ1n) is 9.30. The lowest BCUT2D eigenvalue weighted by atomic mass is 9.95. The van der Waals surface area contributed by atoms with Gasteiger partial charge in [0.05, 0.1) is 18.6 Å². The van der Waals surface area contributed by atoms with Gasteiger partial charge in [-0.2, -0.15) is 0 Å². The highest BCUT2D eigenvalue weighted by atomic mass is 16.5. The van der Waals surface area contributed by atoms with Gasteiger partial charge in [0.15, 0.2) is 0 Å². The van der Waals surface area contributed by atoms with Crippen molar-refractivity contribution < 1.29 is 9.53 Å². The fraction of sp³-hybridized carbons (Fsp3) is 0.286. The highest BCUT2D eigenvalue weighted by molar-refractivity contribution is 5.95. The van der Waals surface area contributed by atoms with E-state index in [-0.39, 0.29) is 11.9 Å². The van der Waals surface area contributed by atoms with Crippen LogP contribution in [0, 0.1) is 0 Å². The van der Waals surface area contributed by atoms with E-state index in [1.54, 1.807) is 12.5 Å². The van der Waals surface area contributed by atoms with E-state index < -0.39 is 0 Å². The summed E-state index contributed by atoms with van der Waals surface area (Å²) in [6.45, 7) is 1.39. The maximum absolute atomic E-state index is 13.4. The summed E-state index contributed by atoms with van der Waals surface area (Å²) in [6.07, 6.45) is 7.97. The molecular weight excluding hydrogens is 340 g/mol. The van der Waals surface area contributed by atoms with Crippen LogP contribution in [0.3, 0.4) is 0 Å². The predicted octanol–water partition coefficient (Wildman–Crippen LogP) is 2.92. The average molecular weight is 360 g/mol. The highest BCUT2D eigenvalue weighted by Crippen LogP contribution is 2.35. The molecule has 2 aliphatic heterocycles. The number of imidazole rings is 1. The average Bonchev–Trinajstić information content (AvgIpc) is 3.21. The van der Waals surface area contributed by atoms with E-state index in [1.165, 1.54) is 0 Å². The van der Waals surface area contributed by atoms with Gasteiger partial charge in [0, 0.05) is 36.6 Å². The number of H-pyrrole nitrogens is 1. The summed E-state index contributed by atoms with van der Waals surface area (Å²) in [4.78, 5) is 27.3. The normalized spacial score (nSPS) is 18.4. The molecule has 5 rings (SSSR count). The minimum Gasteiger partial charge on any atom is -0.493 e. The Hall–Kier alpha value is -3.15. The fourth-order valence-electron chi connectivity index (χ4n) is 4.03. The summed E-state index contributed by atoms with van der Waals surface area (Å²) in [6, 6.07) is 9.44. The molecule has 0 fully saturated rings.